The number of anilines is 1. The average molecular weight is 269 g/mol. The number of rotatable bonds is 2. The van der Waals surface area contributed by atoms with E-state index in [9.17, 15) is 10.1 Å². The summed E-state index contributed by atoms with van der Waals surface area (Å²) in [5, 5.41) is 24.3. The molecule has 1 heterocycles. The minimum atomic E-state index is -0.505. The van der Waals surface area contributed by atoms with Gasteiger partial charge < -0.3 is 5.73 Å². The van der Waals surface area contributed by atoms with Crippen molar-refractivity contribution < 1.29 is 4.92 Å². The lowest BCUT2D eigenvalue weighted by Crippen LogP contribution is -2.05. The summed E-state index contributed by atoms with van der Waals surface area (Å²) in [5.41, 5.74) is 8.22. The van der Waals surface area contributed by atoms with Gasteiger partial charge in [-0.2, -0.15) is 5.26 Å². The van der Waals surface area contributed by atoms with E-state index in [0.717, 1.165) is 30.5 Å². The van der Waals surface area contributed by atoms with Gasteiger partial charge >= 0.3 is 0 Å². The Morgan fingerprint density at radius 1 is 1.45 bits per heavy atom. The van der Waals surface area contributed by atoms with E-state index in [1.807, 2.05) is 6.07 Å². The molecule has 0 aliphatic heterocycles. The lowest BCUT2D eigenvalue weighted by Gasteiger charge is -2.06. The first kappa shape index (κ1) is 12.2. The van der Waals surface area contributed by atoms with Gasteiger partial charge in [0.1, 0.15) is 11.5 Å². The Hall–Kier alpha value is -2.88. The SMILES string of the molecule is N#Cc1ccc(-n2nc(N)c3c2CCC3)c([N+](=O)[O-])c1. The molecule has 1 aromatic heterocycles. The molecule has 2 aromatic rings. The summed E-state index contributed by atoms with van der Waals surface area (Å²) in [5.74, 6) is 0.427. The monoisotopic (exact) mass is 269 g/mol. The molecule has 0 saturated heterocycles. The van der Waals surface area contributed by atoms with Crippen LogP contribution in [0.25, 0.3) is 5.69 Å². The fourth-order valence-corrected chi connectivity index (χ4v) is 2.58. The molecule has 0 radical (unpaired) electrons. The minimum absolute atomic E-state index is 0.138. The highest BCUT2D eigenvalue weighted by Gasteiger charge is 2.25. The maximum atomic E-state index is 11.2. The van der Waals surface area contributed by atoms with E-state index in [4.69, 9.17) is 11.0 Å². The molecule has 1 aliphatic carbocycles. The topological polar surface area (TPSA) is 111 Å². The molecule has 0 amide bonds. The zero-order valence-corrected chi connectivity index (χ0v) is 10.5. The molecule has 100 valence electrons. The van der Waals surface area contributed by atoms with Crippen LogP contribution in [0.2, 0.25) is 0 Å². The molecule has 3 rings (SSSR count). The first-order valence-corrected chi connectivity index (χ1v) is 6.17. The first-order chi connectivity index (χ1) is 9.61. The number of hydrogen-bond donors (Lipinski definition) is 1. The lowest BCUT2D eigenvalue weighted by molar-refractivity contribution is -0.384. The van der Waals surface area contributed by atoms with Gasteiger partial charge in [0, 0.05) is 17.3 Å². The molecule has 0 unspecified atom stereocenters. The van der Waals surface area contributed by atoms with E-state index >= 15 is 0 Å². The van der Waals surface area contributed by atoms with Crippen molar-refractivity contribution in [3.8, 4) is 11.8 Å². The van der Waals surface area contributed by atoms with Gasteiger partial charge in [0.2, 0.25) is 0 Å². The van der Waals surface area contributed by atoms with Crippen LogP contribution in [0.3, 0.4) is 0 Å². The number of benzene rings is 1. The molecule has 20 heavy (non-hydrogen) atoms. The molecule has 1 aromatic carbocycles. The molecule has 0 bridgehead atoms. The Morgan fingerprint density at radius 3 is 2.95 bits per heavy atom. The fraction of sp³-hybridized carbons (Fsp3) is 0.231. The largest absolute Gasteiger partial charge is 0.382 e. The van der Waals surface area contributed by atoms with Crippen molar-refractivity contribution in [1.82, 2.24) is 9.78 Å². The van der Waals surface area contributed by atoms with Crippen LogP contribution < -0.4 is 5.73 Å². The number of nitro groups is 1. The van der Waals surface area contributed by atoms with Gasteiger partial charge in [-0.25, -0.2) is 4.68 Å². The van der Waals surface area contributed by atoms with Crippen LogP contribution in [0.5, 0.6) is 0 Å². The summed E-state index contributed by atoms with van der Waals surface area (Å²) in [4.78, 5) is 10.7. The molecule has 7 nitrogen and oxygen atoms in total. The minimum Gasteiger partial charge on any atom is -0.382 e. The van der Waals surface area contributed by atoms with Crippen molar-refractivity contribution in [1.29, 1.82) is 5.26 Å². The van der Waals surface area contributed by atoms with Crippen LogP contribution >= 0.6 is 0 Å². The third-order valence-electron chi connectivity index (χ3n) is 3.49. The van der Waals surface area contributed by atoms with Gasteiger partial charge in [-0.3, -0.25) is 10.1 Å². The number of nitro benzene ring substituents is 1. The summed E-state index contributed by atoms with van der Waals surface area (Å²) in [6.07, 6.45) is 2.63. The molecule has 1 aliphatic rings. The van der Waals surface area contributed by atoms with Gasteiger partial charge in [0.05, 0.1) is 16.6 Å². The van der Waals surface area contributed by atoms with Gasteiger partial charge in [0.15, 0.2) is 0 Å². The zero-order valence-electron chi connectivity index (χ0n) is 10.5. The number of nitrogen functional groups attached to an aromatic ring is 1. The average Bonchev–Trinajstić information content (AvgIpc) is 3.02. The van der Waals surface area contributed by atoms with E-state index in [1.165, 1.54) is 10.7 Å². The number of nitrogens with zero attached hydrogens (tertiary/aromatic N) is 4. The molecule has 2 N–H and O–H groups in total. The third kappa shape index (κ3) is 1.70. The maximum absolute atomic E-state index is 11.2. The van der Waals surface area contributed by atoms with Gasteiger partial charge in [-0.15, -0.1) is 5.10 Å². The van der Waals surface area contributed by atoms with Crippen molar-refractivity contribution in [2.45, 2.75) is 19.3 Å². The highest BCUT2D eigenvalue weighted by molar-refractivity contribution is 5.59. The van der Waals surface area contributed by atoms with Crippen LogP contribution in [0, 0.1) is 21.4 Å². The maximum Gasteiger partial charge on any atom is 0.296 e. The Bertz CT molecular complexity index is 757. The van der Waals surface area contributed by atoms with Crippen LogP contribution in [0.1, 0.15) is 23.2 Å². The van der Waals surface area contributed by atoms with E-state index in [-0.39, 0.29) is 11.3 Å². The van der Waals surface area contributed by atoms with Gasteiger partial charge in [-0.05, 0) is 31.4 Å². The Kier molecular flexibility index (Phi) is 2.64. The fourth-order valence-electron chi connectivity index (χ4n) is 2.58. The molecule has 0 spiro atoms. The van der Waals surface area contributed by atoms with Crippen LogP contribution in [0.4, 0.5) is 11.5 Å². The number of aromatic nitrogens is 2. The smallest absolute Gasteiger partial charge is 0.296 e. The van der Waals surface area contributed by atoms with Crippen molar-refractivity contribution in [2.75, 3.05) is 5.73 Å². The van der Waals surface area contributed by atoms with E-state index < -0.39 is 4.92 Å². The zero-order chi connectivity index (χ0) is 14.3. The van der Waals surface area contributed by atoms with Crippen molar-refractivity contribution in [2.24, 2.45) is 0 Å². The second kappa shape index (κ2) is 4.35. The van der Waals surface area contributed by atoms with Crippen LogP contribution in [0.15, 0.2) is 18.2 Å². The second-order valence-corrected chi connectivity index (χ2v) is 4.65. The Balaban J connectivity index is 2.23. The first-order valence-electron chi connectivity index (χ1n) is 6.17. The Morgan fingerprint density at radius 2 is 2.25 bits per heavy atom. The normalized spacial score (nSPS) is 12.9. The summed E-state index contributed by atoms with van der Waals surface area (Å²) < 4.78 is 1.54. The van der Waals surface area contributed by atoms with Gasteiger partial charge in [0.25, 0.3) is 5.69 Å². The van der Waals surface area contributed by atoms with E-state index in [1.54, 1.807) is 12.1 Å². The molecule has 0 atom stereocenters. The van der Waals surface area contributed by atoms with E-state index in [2.05, 4.69) is 5.10 Å². The number of nitriles is 1. The van der Waals surface area contributed by atoms with E-state index in [0.29, 0.717) is 11.5 Å². The lowest BCUT2D eigenvalue weighted by atomic mass is 10.2. The third-order valence-corrected chi connectivity index (χ3v) is 3.49. The number of nitrogens with two attached hydrogens (primary N) is 1. The number of hydrogen-bond acceptors (Lipinski definition) is 5. The highest BCUT2D eigenvalue weighted by Crippen LogP contribution is 2.32. The van der Waals surface area contributed by atoms with Crippen molar-refractivity contribution in [3.63, 3.8) is 0 Å². The molecule has 7 heteroatoms. The standard InChI is InChI=1S/C13H11N5O2/c14-7-8-4-5-11(12(6-8)18(19)20)17-10-3-1-2-9(10)13(15)16-17/h4-6H,1-3H2,(H2,15,16). The predicted octanol–water partition coefficient (Wildman–Crippen LogP) is 1.72. The molecule has 0 saturated carbocycles. The molecular weight excluding hydrogens is 258 g/mol. The predicted molar refractivity (Wildman–Crippen MR) is 71.4 cm³/mol. The highest BCUT2D eigenvalue weighted by atomic mass is 16.6. The summed E-state index contributed by atoms with van der Waals surface area (Å²) in [6.45, 7) is 0. The van der Waals surface area contributed by atoms with Crippen molar-refractivity contribution >= 4 is 11.5 Å². The van der Waals surface area contributed by atoms with Gasteiger partial charge in [-0.1, -0.05) is 0 Å². The molecular formula is C13H11N5O2. The van der Waals surface area contributed by atoms with Crippen LogP contribution in [-0.2, 0) is 12.8 Å². The second-order valence-electron chi connectivity index (χ2n) is 4.65. The van der Waals surface area contributed by atoms with Crippen molar-refractivity contribution in [3.05, 3.63) is 45.1 Å². The Labute approximate surface area is 114 Å². The summed E-state index contributed by atoms with van der Waals surface area (Å²) in [7, 11) is 0. The quantitative estimate of drug-likeness (QED) is 0.659. The molecule has 0 fully saturated rings. The summed E-state index contributed by atoms with van der Waals surface area (Å²) in [6, 6.07) is 6.24. The number of fused-ring (bicyclic) bond motifs is 1. The van der Waals surface area contributed by atoms with Crippen LogP contribution in [-0.4, -0.2) is 14.7 Å². The summed E-state index contributed by atoms with van der Waals surface area (Å²) >= 11 is 0.